The van der Waals surface area contributed by atoms with Crippen LogP contribution in [0.1, 0.15) is 16.1 Å². The van der Waals surface area contributed by atoms with Gasteiger partial charge < -0.3 is 21.2 Å². The highest BCUT2D eigenvalue weighted by atomic mass is 16.3. The molecule has 0 radical (unpaired) electrons. The molecule has 0 saturated carbocycles. The Labute approximate surface area is 135 Å². The molecule has 5 N–H and O–H groups in total. The number of amides is 1. The second-order valence-corrected chi connectivity index (χ2v) is 4.49. The number of carbonyl (C=O) groups is 1. The molecule has 0 atom stereocenters. The molecule has 1 aromatic heterocycles. The van der Waals surface area contributed by atoms with E-state index in [-0.39, 0.29) is 24.8 Å². The topological polar surface area (TPSA) is 94.3 Å². The first-order valence-electron chi connectivity index (χ1n) is 7.08. The summed E-state index contributed by atoms with van der Waals surface area (Å²) in [5, 5.41) is 2.64. The van der Waals surface area contributed by atoms with Crippen LogP contribution in [0.15, 0.2) is 40.8 Å². The van der Waals surface area contributed by atoms with Gasteiger partial charge in [-0.25, -0.2) is 0 Å². The van der Waals surface area contributed by atoms with Crippen molar-refractivity contribution in [3.05, 3.63) is 47.7 Å². The van der Waals surface area contributed by atoms with Gasteiger partial charge in [0.2, 0.25) is 0 Å². The predicted molar refractivity (Wildman–Crippen MR) is 89.2 cm³/mol. The highest BCUT2D eigenvalue weighted by Crippen LogP contribution is 2.22. The molecular formula is C18H17N3O2. The van der Waals surface area contributed by atoms with Crippen LogP contribution >= 0.6 is 0 Å². The zero-order valence-electron chi connectivity index (χ0n) is 12.6. The average Bonchev–Trinajstić information content (AvgIpc) is 3.07. The Morgan fingerprint density at radius 3 is 2.43 bits per heavy atom. The average molecular weight is 307 g/mol. The van der Waals surface area contributed by atoms with E-state index in [2.05, 4.69) is 29.0 Å². The first kappa shape index (κ1) is 16.4. The summed E-state index contributed by atoms with van der Waals surface area (Å²) in [6.07, 6.45) is 0. The number of nitrogens with one attached hydrogen (secondary N) is 1. The van der Waals surface area contributed by atoms with Gasteiger partial charge in [-0.2, -0.15) is 0 Å². The molecular weight excluding hydrogens is 290 g/mol. The fraction of sp³-hybridized carbons (Fsp3) is 0.167. The monoisotopic (exact) mass is 307 g/mol. The van der Waals surface area contributed by atoms with Crippen molar-refractivity contribution in [1.29, 1.82) is 0 Å². The van der Waals surface area contributed by atoms with Crippen LogP contribution in [0.4, 0.5) is 0 Å². The summed E-state index contributed by atoms with van der Waals surface area (Å²) in [6, 6.07) is 10.9. The SMILES string of the molecule is NCC#CCNC(=O)c1ccc(-c2ccc(C#CCN)cc2)o1. The lowest BCUT2D eigenvalue weighted by Crippen LogP contribution is -2.23. The third-order valence-corrected chi connectivity index (χ3v) is 2.90. The maximum Gasteiger partial charge on any atom is 0.287 e. The standard InChI is InChI=1S/C18H17N3O2/c19-11-1-2-13-21-18(22)17-10-9-16(23-17)15-7-5-14(6-8-15)4-3-12-20/h5-10H,11-13,19-20H2,(H,21,22). The molecule has 1 heterocycles. The van der Waals surface area contributed by atoms with E-state index in [4.69, 9.17) is 15.9 Å². The molecule has 0 fully saturated rings. The Balaban J connectivity index is 2.05. The van der Waals surface area contributed by atoms with E-state index in [1.807, 2.05) is 24.3 Å². The zero-order chi connectivity index (χ0) is 16.5. The largest absolute Gasteiger partial charge is 0.451 e. The van der Waals surface area contributed by atoms with E-state index >= 15 is 0 Å². The van der Waals surface area contributed by atoms with Crippen molar-refractivity contribution in [1.82, 2.24) is 5.32 Å². The van der Waals surface area contributed by atoms with Crippen LogP contribution in [-0.4, -0.2) is 25.5 Å². The summed E-state index contributed by atoms with van der Waals surface area (Å²) in [5.41, 5.74) is 12.3. The number of carbonyl (C=O) groups excluding carboxylic acids is 1. The van der Waals surface area contributed by atoms with Crippen molar-refractivity contribution in [3.8, 4) is 35.0 Å². The lowest BCUT2D eigenvalue weighted by Gasteiger charge is -1.99. The fourth-order valence-electron chi connectivity index (χ4n) is 1.83. The van der Waals surface area contributed by atoms with Gasteiger partial charge in [-0.1, -0.05) is 35.8 Å². The van der Waals surface area contributed by atoms with E-state index < -0.39 is 0 Å². The van der Waals surface area contributed by atoms with Crippen LogP contribution in [-0.2, 0) is 0 Å². The van der Waals surface area contributed by atoms with Crippen LogP contribution < -0.4 is 16.8 Å². The second kappa shape index (κ2) is 8.45. The van der Waals surface area contributed by atoms with Gasteiger partial charge in [-0.05, 0) is 24.3 Å². The molecule has 23 heavy (non-hydrogen) atoms. The van der Waals surface area contributed by atoms with E-state index in [9.17, 15) is 4.79 Å². The van der Waals surface area contributed by atoms with Crippen LogP contribution in [0.25, 0.3) is 11.3 Å². The van der Waals surface area contributed by atoms with E-state index in [1.54, 1.807) is 12.1 Å². The smallest absolute Gasteiger partial charge is 0.287 e. The summed E-state index contributed by atoms with van der Waals surface area (Å²) in [7, 11) is 0. The van der Waals surface area contributed by atoms with Crippen molar-refractivity contribution in [3.63, 3.8) is 0 Å². The summed E-state index contributed by atoms with van der Waals surface area (Å²) in [4.78, 5) is 11.9. The van der Waals surface area contributed by atoms with Gasteiger partial charge in [0.1, 0.15) is 5.76 Å². The van der Waals surface area contributed by atoms with Crippen LogP contribution in [0.2, 0.25) is 0 Å². The fourth-order valence-corrected chi connectivity index (χ4v) is 1.83. The minimum Gasteiger partial charge on any atom is -0.451 e. The van der Waals surface area contributed by atoms with E-state index in [0.717, 1.165) is 11.1 Å². The molecule has 1 amide bonds. The van der Waals surface area contributed by atoms with Gasteiger partial charge in [-0.3, -0.25) is 4.79 Å². The third kappa shape index (κ3) is 4.76. The molecule has 0 bridgehead atoms. The molecule has 5 nitrogen and oxygen atoms in total. The molecule has 116 valence electrons. The highest BCUT2D eigenvalue weighted by molar-refractivity contribution is 5.92. The first-order chi connectivity index (χ1) is 11.2. The van der Waals surface area contributed by atoms with Crippen molar-refractivity contribution < 1.29 is 9.21 Å². The number of benzene rings is 1. The number of hydrogen-bond acceptors (Lipinski definition) is 4. The maximum atomic E-state index is 11.9. The van der Waals surface area contributed by atoms with Gasteiger partial charge in [0.05, 0.1) is 19.6 Å². The summed E-state index contributed by atoms with van der Waals surface area (Å²) in [6.45, 7) is 0.834. The zero-order valence-corrected chi connectivity index (χ0v) is 12.6. The van der Waals surface area contributed by atoms with E-state index in [0.29, 0.717) is 12.3 Å². The molecule has 0 aliphatic carbocycles. The minimum absolute atomic E-state index is 0.237. The van der Waals surface area contributed by atoms with Crippen molar-refractivity contribution >= 4 is 5.91 Å². The molecule has 0 spiro atoms. The number of nitrogens with two attached hydrogens (primary N) is 2. The molecule has 2 aromatic rings. The Morgan fingerprint density at radius 2 is 1.74 bits per heavy atom. The number of rotatable bonds is 3. The Hall–Kier alpha value is -2.99. The number of furan rings is 1. The molecule has 5 heteroatoms. The Bertz CT molecular complexity index is 783. The van der Waals surface area contributed by atoms with Gasteiger partial charge in [0.15, 0.2) is 5.76 Å². The second-order valence-electron chi connectivity index (χ2n) is 4.49. The summed E-state index contributed by atoms with van der Waals surface area (Å²) in [5.74, 6) is 11.7. The molecule has 0 aliphatic rings. The minimum atomic E-state index is -0.312. The molecule has 0 saturated heterocycles. The summed E-state index contributed by atoms with van der Waals surface area (Å²) < 4.78 is 5.57. The maximum absolute atomic E-state index is 11.9. The lowest BCUT2D eigenvalue weighted by molar-refractivity contribution is 0.0932. The van der Waals surface area contributed by atoms with Crippen molar-refractivity contribution in [2.45, 2.75) is 0 Å². The number of hydrogen-bond donors (Lipinski definition) is 3. The van der Waals surface area contributed by atoms with Gasteiger partial charge >= 0.3 is 0 Å². The first-order valence-corrected chi connectivity index (χ1v) is 7.08. The predicted octanol–water partition coefficient (Wildman–Crippen LogP) is 0.949. The molecule has 1 aromatic carbocycles. The third-order valence-electron chi connectivity index (χ3n) is 2.90. The highest BCUT2D eigenvalue weighted by Gasteiger charge is 2.11. The van der Waals surface area contributed by atoms with Crippen LogP contribution in [0.5, 0.6) is 0 Å². The van der Waals surface area contributed by atoms with Crippen LogP contribution in [0.3, 0.4) is 0 Å². The van der Waals surface area contributed by atoms with Crippen molar-refractivity contribution in [2.75, 3.05) is 19.6 Å². The Kier molecular flexibility index (Phi) is 6.02. The summed E-state index contributed by atoms with van der Waals surface area (Å²) >= 11 is 0. The Morgan fingerprint density at radius 1 is 1.00 bits per heavy atom. The van der Waals surface area contributed by atoms with E-state index in [1.165, 1.54) is 0 Å². The quantitative estimate of drug-likeness (QED) is 0.736. The van der Waals surface area contributed by atoms with Crippen molar-refractivity contribution in [2.24, 2.45) is 11.5 Å². The molecule has 0 aliphatic heterocycles. The van der Waals surface area contributed by atoms with Gasteiger partial charge in [0.25, 0.3) is 5.91 Å². The molecule has 0 unspecified atom stereocenters. The normalized spacial score (nSPS) is 9.30. The lowest BCUT2D eigenvalue weighted by atomic mass is 10.1. The van der Waals surface area contributed by atoms with Gasteiger partial charge in [0, 0.05) is 11.1 Å². The molecule has 2 rings (SSSR count). The van der Waals surface area contributed by atoms with Crippen LogP contribution in [0, 0.1) is 23.7 Å². The van der Waals surface area contributed by atoms with Gasteiger partial charge in [-0.15, -0.1) is 0 Å².